The Labute approximate surface area is 136 Å². The molecule has 0 bridgehead atoms. The molecule has 1 aromatic rings. The normalized spacial score (nSPS) is 10.8. The maximum absolute atomic E-state index is 11.9. The van der Waals surface area contributed by atoms with Crippen LogP contribution < -0.4 is 10.6 Å². The molecule has 0 aliphatic rings. The second-order valence-electron chi connectivity index (χ2n) is 6.00. The van der Waals surface area contributed by atoms with Crippen LogP contribution in [-0.2, 0) is 14.3 Å². The number of amides is 2. The molecule has 0 saturated carbocycles. The fourth-order valence-corrected chi connectivity index (χ4v) is 1.74. The van der Waals surface area contributed by atoms with Gasteiger partial charge in [0.25, 0.3) is 11.8 Å². The number of carbonyl (C=O) groups is 3. The zero-order valence-corrected chi connectivity index (χ0v) is 14.1. The molecule has 1 aromatic carbocycles. The highest BCUT2D eigenvalue weighted by atomic mass is 16.5. The van der Waals surface area contributed by atoms with Gasteiger partial charge in [-0.2, -0.15) is 0 Å². The first-order chi connectivity index (χ1) is 10.7. The van der Waals surface area contributed by atoms with Gasteiger partial charge in [0, 0.05) is 11.1 Å². The minimum absolute atomic E-state index is 0.281. The average molecular weight is 320 g/mol. The molecule has 0 unspecified atom stereocenters. The summed E-state index contributed by atoms with van der Waals surface area (Å²) in [5.41, 5.74) is 1.08. The Hall–Kier alpha value is -2.37. The molecule has 6 heteroatoms. The number of ether oxygens (including phenoxy) is 1. The Kier molecular flexibility index (Phi) is 6.75. The van der Waals surface area contributed by atoms with Crippen LogP contribution in [0.1, 0.15) is 43.1 Å². The molecule has 0 aliphatic heterocycles. The molecule has 2 amide bonds. The van der Waals surface area contributed by atoms with Gasteiger partial charge in [-0.15, -0.1) is 0 Å². The number of esters is 1. The molecule has 0 heterocycles. The largest absolute Gasteiger partial charge is 0.454 e. The van der Waals surface area contributed by atoms with Gasteiger partial charge < -0.3 is 15.4 Å². The highest BCUT2D eigenvalue weighted by Crippen LogP contribution is 2.06. The van der Waals surface area contributed by atoms with Crippen LogP contribution in [0.15, 0.2) is 24.3 Å². The Balaban J connectivity index is 2.34. The Morgan fingerprint density at radius 1 is 1.22 bits per heavy atom. The molecule has 0 atom stereocenters. The molecule has 2 N–H and O–H groups in total. The molecular formula is C17H24N2O4. The molecule has 0 spiro atoms. The minimum atomic E-state index is -0.657. The minimum Gasteiger partial charge on any atom is -0.454 e. The topological polar surface area (TPSA) is 84.5 Å². The van der Waals surface area contributed by atoms with E-state index in [1.807, 2.05) is 33.8 Å². The van der Waals surface area contributed by atoms with Gasteiger partial charge in [0.1, 0.15) is 6.54 Å². The van der Waals surface area contributed by atoms with Crippen LogP contribution in [0.25, 0.3) is 0 Å². The summed E-state index contributed by atoms with van der Waals surface area (Å²) in [5.74, 6) is -1.38. The third-order valence-corrected chi connectivity index (χ3v) is 3.40. The van der Waals surface area contributed by atoms with Crippen LogP contribution in [0.4, 0.5) is 0 Å². The summed E-state index contributed by atoms with van der Waals surface area (Å²) in [7, 11) is 0. The van der Waals surface area contributed by atoms with Crippen LogP contribution in [0.2, 0.25) is 0 Å². The molecule has 0 aromatic heterocycles. The van der Waals surface area contributed by atoms with Crippen molar-refractivity contribution in [3.63, 3.8) is 0 Å². The monoisotopic (exact) mass is 320 g/mol. The zero-order chi connectivity index (χ0) is 17.5. The summed E-state index contributed by atoms with van der Waals surface area (Å²) in [6.45, 7) is 6.96. The van der Waals surface area contributed by atoms with Crippen molar-refractivity contribution in [2.75, 3.05) is 13.2 Å². The Bertz CT molecular complexity index is 582. The predicted molar refractivity (Wildman–Crippen MR) is 87.0 cm³/mol. The van der Waals surface area contributed by atoms with Crippen molar-refractivity contribution in [1.82, 2.24) is 10.6 Å². The van der Waals surface area contributed by atoms with Crippen LogP contribution in [-0.4, -0.2) is 36.5 Å². The van der Waals surface area contributed by atoms with E-state index >= 15 is 0 Å². The number of nitrogens with one attached hydrogen (secondary N) is 2. The van der Waals surface area contributed by atoms with E-state index in [1.54, 1.807) is 18.2 Å². The molecule has 0 saturated heterocycles. The van der Waals surface area contributed by atoms with Crippen molar-refractivity contribution in [3.8, 4) is 0 Å². The van der Waals surface area contributed by atoms with E-state index in [-0.39, 0.29) is 30.5 Å². The van der Waals surface area contributed by atoms with E-state index in [4.69, 9.17) is 4.74 Å². The number of hydrogen-bond donors (Lipinski definition) is 2. The SMILES string of the molecule is CCC(C)(C)NC(=O)COC(=O)CNC(=O)c1cccc(C)c1. The molecule has 0 fully saturated rings. The first-order valence-corrected chi connectivity index (χ1v) is 7.55. The third-order valence-electron chi connectivity index (χ3n) is 3.40. The number of carbonyl (C=O) groups excluding carboxylic acids is 3. The smallest absolute Gasteiger partial charge is 0.325 e. The molecule has 126 valence electrons. The van der Waals surface area contributed by atoms with E-state index < -0.39 is 5.97 Å². The van der Waals surface area contributed by atoms with E-state index in [1.165, 1.54) is 0 Å². The molecule has 23 heavy (non-hydrogen) atoms. The maximum Gasteiger partial charge on any atom is 0.325 e. The fourth-order valence-electron chi connectivity index (χ4n) is 1.74. The van der Waals surface area contributed by atoms with Crippen molar-refractivity contribution >= 4 is 17.8 Å². The number of aryl methyl sites for hydroxylation is 1. The van der Waals surface area contributed by atoms with Crippen molar-refractivity contribution in [2.24, 2.45) is 0 Å². The van der Waals surface area contributed by atoms with E-state index in [0.717, 1.165) is 12.0 Å². The Morgan fingerprint density at radius 2 is 1.91 bits per heavy atom. The standard InChI is InChI=1S/C17H24N2O4/c1-5-17(3,4)19-14(20)11-23-15(21)10-18-16(22)13-8-6-7-12(2)9-13/h6-9H,5,10-11H2,1-4H3,(H,18,22)(H,19,20). The summed E-state index contributed by atoms with van der Waals surface area (Å²) in [6.07, 6.45) is 0.763. The van der Waals surface area contributed by atoms with Gasteiger partial charge in [0.05, 0.1) is 0 Å². The fraction of sp³-hybridized carbons (Fsp3) is 0.471. The van der Waals surface area contributed by atoms with E-state index in [9.17, 15) is 14.4 Å². The zero-order valence-electron chi connectivity index (χ0n) is 14.1. The first kappa shape index (κ1) is 18.7. The highest BCUT2D eigenvalue weighted by Gasteiger charge is 2.18. The molecular weight excluding hydrogens is 296 g/mol. The number of benzene rings is 1. The highest BCUT2D eigenvalue weighted by molar-refractivity contribution is 5.96. The lowest BCUT2D eigenvalue weighted by molar-refractivity contribution is -0.148. The molecule has 0 aliphatic carbocycles. The van der Waals surface area contributed by atoms with Crippen LogP contribution in [0.3, 0.4) is 0 Å². The van der Waals surface area contributed by atoms with Crippen molar-refractivity contribution in [3.05, 3.63) is 35.4 Å². The number of hydrogen-bond acceptors (Lipinski definition) is 4. The summed E-state index contributed by atoms with van der Waals surface area (Å²) in [6, 6.07) is 7.03. The van der Waals surface area contributed by atoms with E-state index in [0.29, 0.717) is 5.56 Å². The predicted octanol–water partition coefficient (Wildman–Crippen LogP) is 1.57. The third kappa shape index (κ3) is 6.95. The van der Waals surface area contributed by atoms with Crippen molar-refractivity contribution < 1.29 is 19.1 Å². The van der Waals surface area contributed by atoms with Crippen LogP contribution in [0, 0.1) is 6.92 Å². The Morgan fingerprint density at radius 3 is 2.52 bits per heavy atom. The van der Waals surface area contributed by atoms with Gasteiger partial charge in [0.2, 0.25) is 0 Å². The lowest BCUT2D eigenvalue weighted by atomic mass is 10.0. The maximum atomic E-state index is 11.9. The quantitative estimate of drug-likeness (QED) is 0.747. The molecule has 1 rings (SSSR count). The van der Waals surface area contributed by atoms with Gasteiger partial charge in [-0.1, -0.05) is 24.6 Å². The lowest BCUT2D eigenvalue weighted by Crippen LogP contribution is -2.45. The van der Waals surface area contributed by atoms with Crippen molar-refractivity contribution in [1.29, 1.82) is 0 Å². The van der Waals surface area contributed by atoms with Gasteiger partial charge in [0.15, 0.2) is 6.61 Å². The summed E-state index contributed by atoms with van der Waals surface area (Å²) < 4.78 is 4.84. The van der Waals surface area contributed by atoms with Gasteiger partial charge in [-0.3, -0.25) is 14.4 Å². The number of rotatable bonds is 7. The second-order valence-corrected chi connectivity index (χ2v) is 6.00. The summed E-state index contributed by atoms with van der Waals surface area (Å²) in [4.78, 5) is 35.1. The van der Waals surface area contributed by atoms with Gasteiger partial charge >= 0.3 is 5.97 Å². The van der Waals surface area contributed by atoms with Crippen molar-refractivity contribution in [2.45, 2.75) is 39.7 Å². The molecule has 0 radical (unpaired) electrons. The van der Waals surface area contributed by atoms with Gasteiger partial charge in [-0.05, 0) is 39.3 Å². The van der Waals surface area contributed by atoms with Gasteiger partial charge in [-0.25, -0.2) is 0 Å². The first-order valence-electron chi connectivity index (χ1n) is 7.55. The lowest BCUT2D eigenvalue weighted by Gasteiger charge is -2.24. The van der Waals surface area contributed by atoms with Crippen LogP contribution >= 0.6 is 0 Å². The van der Waals surface area contributed by atoms with Crippen LogP contribution in [0.5, 0.6) is 0 Å². The average Bonchev–Trinajstić information content (AvgIpc) is 2.50. The van der Waals surface area contributed by atoms with E-state index in [2.05, 4.69) is 10.6 Å². The summed E-state index contributed by atoms with van der Waals surface area (Å²) >= 11 is 0. The summed E-state index contributed by atoms with van der Waals surface area (Å²) in [5, 5.41) is 5.22. The second kappa shape index (κ2) is 8.31. The molecule has 6 nitrogen and oxygen atoms in total.